The lowest BCUT2D eigenvalue weighted by Gasteiger charge is -2.33. The van der Waals surface area contributed by atoms with E-state index in [0.717, 1.165) is 24.2 Å². The molecule has 144 valence electrons. The number of hydrogen-bond acceptors (Lipinski definition) is 5. The molecule has 2 N–H and O–H groups in total. The standard InChI is InChI=1S/C20H20FN5OS/c1-2-6-16-23-24-20-26(16)25-17(13-7-4-3-5-8-13)18(28-20)19(27)22-15-11-9-14(21)10-12-15/h3-5,7-12,17-18,25H,2,6H2,1H3,(H,22,27). The summed E-state index contributed by atoms with van der Waals surface area (Å²) in [5, 5.41) is 11.6. The summed E-state index contributed by atoms with van der Waals surface area (Å²) in [4.78, 5) is 13.1. The first kappa shape index (κ1) is 18.5. The largest absolute Gasteiger partial charge is 0.325 e. The van der Waals surface area contributed by atoms with E-state index in [0.29, 0.717) is 10.8 Å². The minimum absolute atomic E-state index is 0.177. The van der Waals surface area contributed by atoms with Gasteiger partial charge in [-0.2, -0.15) is 0 Å². The fraction of sp³-hybridized carbons (Fsp3) is 0.250. The maximum Gasteiger partial charge on any atom is 0.240 e. The Morgan fingerprint density at radius 3 is 2.64 bits per heavy atom. The predicted molar refractivity (Wildman–Crippen MR) is 107 cm³/mol. The lowest BCUT2D eigenvalue weighted by molar-refractivity contribution is -0.116. The summed E-state index contributed by atoms with van der Waals surface area (Å²) in [6.07, 6.45) is 1.75. The molecule has 1 aromatic heterocycles. The first-order valence-corrected chi connectivity index (χ1v) is 10.0. The van der Waals surface area contributed by atoms with E-state index in [9.17, 15) is 9.18 Å². The van der Waals surface area contributed by atoms with E-state index < -0.39 is 5.25 Å². The highest BCUT2D eigenvalue weighted by Gasteiger charge is 2.37. The Labute approximate surface area is 166 Å². The number of aryl methyl sites for hydroxylation is 1. The summed E-state index contributed by atoms with van der Waals surface area (Å²) >= 11 is 1.38. The lowest BCUT2D eigenvalue weighted by atomic mass is 10.0. The Hall–Kier alpha value is -2.87. The third kappa shape index (κ3) is 3.73. The van der Waals surface area contributed by atoms with Gasteiger partial charge in [0.25, 0.3) is 0 Å². The van der Waals surface area contributed by atoms with Crippen LogP contribution in [-0.4, -0.2) is 26.0 Å². The van der Waals surface area contributed by atoms with Gasteiger partial charge in [0.15, 0.2) is 5.82 Å². The maximum absolute atomic E-state index is 13.1. The monoisotopic (exact) mass is 397 g/mol. The summed E-state index contributed by atoms with van der Waals surface area (Å²) in [6, 6.07) is 15.3. The Morgan fingerprint density at radius 2 is 1.93 bits per heavy atom. The number of benzene rings is 2. The van der Waals surface area contributed by atoms with Gasteiger partial charge in [0, 0.05) is 12.1 Å². The van der Waals surface area contributed by atoms with Crippen LogP contribution in [0.25, 0.3) is 0 Å². The average molecular weight is 397 g/mol. The van der Waals surface area contributed by atoms with E-state index in [1.165, 1.54) is 23.9 Å². The molecule has 3 aromatic rings. The van der Waals surface area contributed by atoms with Crippen LogP contribution in [0, 0.1) is 5.82 Å². The molecule has 0 fully saturated rings. The molecule has 2 unspecified atom stereocenters. The fourth-order valence-electron chi connectivity index (χ4n) is 3.14. The molecule has 8 heteroatoms. The molecule has 2 atom stereocenters. The summed E-state index contributed by atoms with van der Waals surface area (Å²) in [6.45, 7) is 2.09. The molecular formula is C20H20FN5OS. The zero-order valence-corrected chi connectivity index (χ0v) is 16.1. The molecule has 2 heterocycles. The maximum atomic E-state index is 13.1. The van der Waals surface area contributed by atoms with Crippen molar-refractivity contribution < 1.29 is 9.18 Å². The molecule has 0 aliphatic carbocycles. The van der Waals surface area contributed by atoms with Gasteiger partial charge in [0.2, 0.25) is 11.1 Å². The number of thioether (sulfide) groups is 1. The van der Waals surface area contributed by atoms with Crippen LogP contribution in [0.4, 0.5) is 10.1 Å². The first-order valence-electron chi connectivity index (χ1n) is 9.14. The molecule has 1 aliphatic rings. The molecule has 0 radical (unpaired) electrons. The second-order valence-electron chi connectivity index (χ2n) is 6.54. The van der Waals surface area contributed by atoms with Crippen LogP contribution in [0.3, 0.4) is 0 Å². The molecule has 6 nitrogen and oxygen atoms in total. The van der Waals surface area contributed by atoms with Crippen LogP contribution in [0.2, 0.25) is 0 Å². The number of nitrogens with zero attached hydrogens (tertiary/aromatic N) is 3. The highest BCUT2D eigenvalue weighted by Crippen LogP contribution is 2.37. The highest BCUT2D eigenvalue weighted by atomic mass is 32.2. The lowest BCUT2D eigenvalue weighted by Crippen LogP contribution is -2.41. The van der Waals surface area contributed by atoms with Crippen molar-refractivity contribution in [3.05, 3.63) is 71.8 Å². The van der Waals surface area contributed by atoms with Crippen molar-refractivity contribution in [2.45, 2.75) is 36.2 Å². The molecule has 1 aliphatic heterocycles. The number of nitrogens with one attached hydrogen (secondary N) is 2. The highest BCUT2D eigenvalue weighted by molar-refractivity contribution is 8.00. The number of anilines is 1. The van der Waals surface area contributed by atoms with Crippen LogP contribution in [0.5, 0.6) is 0 Å². The number of fused-ring (bicyclic) bond motifs is 1. The van der Waals surface area contributed by atoms with Crippen molar-refractivity contribution in [1.82, 2.24) is 14.9 Å². The number of carbonyl (C=O) groups is 1. The van der Waals surface area contributed by atoms with Crippen LogP contribution in [-0.2, 0) is 11.2 Å². The molecule has 2 aromatic carbocycles. The van der Waals surface area contributed by atoms with Crippen LogP contribution in [0.15, 0.2) is 59.8 Å². The number of hydrogen-bond donors (Lipinski definition) is 2. The van der Waals surface area contributed by atoms with E-state index in [1.54, 1.807) is 12.1 Å². The predicted octanol–water partition coefficient (Wildman–Crippen LogP) is 3.77. The summed E-state index contributed by atoms with van der Waals surface area (Å²) in [5.41, 5.74) is 4.97. The smallest absolute Gasteiger partial charge is 0.240 e. The van der Waals surface area contributed by atoms with Gasteiger partial charge >= 0.3 is 0 Å². The fourth-order valence-corrected chi connectivity index (χ4v) is 4.24. The van der Waals surface area contributed by atoms with Crippen molar-refractivity contribution in [2.24, 2.45) is 0 Å². The van der Waals surface area contributed by atoms with Gasteiger partial charge in [-0.1, -0.05) is 49.0 Å². The average Bonchev–Trinajstić information content (AvgIpc) is 3.12. The summed E-state index contributed by atoms with van der Waals surface area (Å²) in [5.74, 6) is 0.331. The Morgan fingerprint density at radius 1 is 1.18 bits per heavy atom. The first-order chi connectivity index (χ1) is 13.7. The third-order valence-corrected chi connectivity index (χ3v) is 5.72. The van der Waals surface area contributed by atoms with Gasteiger partial charge in [0.05, 0.1) is 6.04 Å². The Balaban J connectivity index is 1.64. The van der Waals surface area contributed by atoms with Crippen molar-refractivity contribution in [3.8, 4) is 0 Å². The van der Waals surface area contributed by atoms with Crippen LogP contribution < -0.4 is 10.7 Å². The Bertz CT molecular complexity index is 960. The van der Waals surface area contributed by atoms with E-state index in [4.69, 9.17) is 0 Å². The zero-order valence-electron chi connectivity index (χ0n) is 15.3. The second-order valence-corrected chi connectivity index (χ2v) is 7.64. The molecule has 0 bridgehead atoms. The minimum atomic E-state index is -0.460. The van der Waals surface area contributed by atoms with Crippen LogP contribution in [0.1, 0.15) is 30.8 Å². The van der Waals surface area contributed by atoms with Crippen molar-refractivity contribution in [2.75, 3.05) is 10.7 Å². The van der Waals surface area contributed by atoms with E-state index in [2.05, 4.69) is 27.9 Å². The number of aromatic nitrogens is 3. The van der Waals surface area contributed by atoms with E-state index in [1.807, 2.05) is 35.0 Å². The van der Waals surface area contributed by atoms with Gasteiger partial charge in [0.1, 0.15) is 11.1 Å². The van der Waals surface area contributed by atoms with E-state index >= 15 is 0 Å². The van der Waals surface area contributed by atoms with Gasteiger partial charge in [-0.25, -0.2) is 9.07 Å². The topological polar surface area (TPSA) is 71.8 Å². The van der Waals surface area contributed by atoms with Crippen molar-refractivity contribution >= 4 is 23.4 Å². The molecule has 4 rings (SSSR count). The van der Waals surface area contributed by atoms with Crippen LogP contribution >= 0.6 is 11.8 Å². The number of carbonyl (C=O) groups excluding carboxylic acids is 1. The van der Waals surface area contributed by atoms with Crippen molar-refractivity contribution in [3.63, 3.8) is 0 Å². The Kier molecular flexibility index (Phi) is 5.29. The summed E-state index contributed by atoms with van der Waals surface area (Å²) < 4.78 is 15.0. The van der Waals surface area contributed by atoms with Gasteiger partial charge in [-0.3, -0.25) is 4.79 Å². The third-order valence-electron chi connectivity index (χ3n) is 4.51. The van der Waals surface area contributed by atoms with E-state index in [-0.39, 0.29) is 17.8 Å². The molecule has 0 spiro atoms. The minimum Gasteiger partial charge on any atom is -0.325 e. The molecule has 1 amide bonds. The van der Waals surface area contributed by atoms with Gasteiger partial charge < -0.3 is 10.7 Å². The van der Waals surface area contributed by atoms with Gasteiger partial charge in [-0.15, -0.1) is 10.2 Å². The molecule has 0 saturated carbocycles. The number of halogens is 1. The normalized spacial score (nSPS) is 18.2. The quantitative estimate of drug-likeness (QED) is 0.686. The zero-order chi connectivity index (χ0) is 19.5. The summed E-state index contributed by atoms with van der Waals surface area (Å²) in [7, 11) is 0. The molecule has 28 heavy (non-hydrogen) atoms. The SMILES string of the molecule is CCCc1nnc2n1NC(c1ccccc1)C(C(=O)Nc1ccc(F)cc1)S2. The second kappa shape index (κ2) is 8.02. The molecular weight excluding hydrogens is 377 g/mol. The van der Waals surface area contributed by atoms with Crippen molar-refractivity contribution in [1.29, 1.82) is 0 Å². The number of rotatable bonds is 5. The number of amides is 1. The molecule has 0 saturated heterocycles. The van der Waals surface area contributed by atoms with Gasteiger partial charge in [-0.05, 0) is 36.2 Å².